The summed E-state index contributed by atoms with van der Waals surface area (Å²) in [5.74, 6) is 0. The quantitative estimate of drug-likeness (QED) is 0.741. The van der Waals surface area contributed by atoms with Gasteiger partial charge in [0.1, 0.15) is 0 Å². The first-order chi connectivity index (χ1) is 6.64. The summed E-state index contributed by atoms with van der Waals surface area (Å²) >= 11 is 0. The van der Waals surface area contributed by atoms with E-state index in [1.807, 2.05) is 0 Å². The van der Waals surface area contributed by atoms with Crippen molar-refractivity contribution in [1.29, 1.82) is 0 Å². The molecule has 1 rings (SSSR count). The molecule has 1 aliphatic heterocycles. The summed E-state index contributed by atoms with van der Waals surface area (Å²) < 4.78 is 5.42. The smallest absolute Gasteiger partial charge is 0.0593 e. The van der Waals surface area contributed by atoms with Crippen LogP contribution >= 0.6 is 0 Å². The van der Waals surface area contributed by atoms with Crippen LogP contribution in [0, 0.1) is 0 Å². The molecule has 1 fully saturated rings. The van der Waals surface area contributed by atoms with Gasteiger partial charge in [0.15, 0.2) is 0 Å². The lowest BCUT2D eigenvalue weighted by atomic mass is 9.97. The first-order valence-electron chi connectivity index (χ1n) is 5.73. The van der Waals surface area contributed by atoms with Gasteiger partial charge in [0, 0.05) is 31.8 Å². The van der Waals surface area contributed by atoms with Crippen LogP contribution in [0.5, 0.6) is 0 Å². The van der Waals surface area contributed by atoms with Gasteiger partial charge in [-0.2, -0.15) is 0 Å². The molecule has 0 aromatic heterocycles. The van der Waals surface area contributed by atoms with Crippen LogP contribution < -0.4 is 5.73 Å². The van der Waals surface area contributed by atoms with Crippen LogP contribution in [0.15, 0.2) is 0 Å². The second-order valence-corrected chi connectivity index (χ2v) is 4.65. The molecule has 14 heavy (non-hydrogen) atoms. The Balaban J connectivity index is 2.33. The van der Waals surface area contributed by atoms with Gasteiger partial charge in [-0.25, -0.2) is 0 Å². The van der Waals surface area contributed by atoms with Crippen molar-refractivity contribution in [1.82, 2.24) is 4.90 Å². The number of rotatable bonds is 4. The van der Waals surface area contributed by atoms with Gasteiger partial charge in [0.05, 0.1) is 6.61 Å². The highest BCUT2D eigenvalue weighted by Gasteiger charge is 2.21. The summed E-state index contributed by atoms with van der Waals surface area (Å²) in [5, 5.41) is 0. The van der Waals surface area contributed by atoms with Crippen LogP contribution in [0.25, 0.3) is 0 Å². The molecule has 0 spiro atoms. The van der Waals surface area contributed by atoms with Crippen molar-refractivity contribution < 1.29 is 4.74 Å². The van der Waals surface area contributed by atoms with Gasteiger partial charge in [0.25, 0.3) is 0 Å². The second-order valence-electron chi connectivity index (χ2n) is 4.65. The first kappa shape index (κ1) is 12.0. The lowest BCUT2D eigenvalue weighted by molar-refractivity contribution is 0.136. The van der Waals surface area contributed by atoms with E-state index in [-0.39, 0.29) is 5.54 Å². The van der Waals surface area contributed by atoms with E-state index in [1.165, 1.54) is 0 Å². The molecule has 1 saturated heterocycles. The van der Waals surface area contributed by atoms with E-state index in [2.05, 4.69) is 18.7 Å². The van der Waals surface area contributed by atoms with Crippen LogP contribution in [0.3, 0.4) is 0 Å². The molecule has 0 aromatic rings. The van der Waals surface area contributed by atoms with E-state index in [4.69, 9.17) is 10.5 Å². The zero-order valence-electron chi connectivity index (χ0n) is 9.59. The van der Waals surface area contributed by atoms with Crippen LogP contribution in [-0.4, -0.2) is 43.3 Å². The fourth-order valence-corrected chi connectivity index (χ4v) is 2.12. The fraction of sp³-hybridized carbons (Fsp3) is 1.00. The van der Waals surface area contributed by atoms with Crippen molar-refractivity contribution in [3.05, 3.63) is 0 Å². The van der Waals surface area contributed by atoms with Gasteiger partial charge in [-0.05, 0) is 19.8 Å². The largest absolute Gasteiger partial charge is 0.380 e. The third-order valence-electron chi connectivity index (χ3n) is 2.72. The van der Waals surface area contributed by atoms with E-state index < -0.39 is 0 Å². The van der Waals surface area contributed by atoms with E-state index in [0.29, 0.717) is 0 Å². The summed E-state index contributed by atoms with van der Waals surface area (Å²) in [6, 6.07) is 0. The molecule has 0 saturated carbocycles. The molecule has 84 valence electrons. The Labute approximate surface area is 87.6 Å². The summed E-state index contributed by atoms with van der Waals surface area (Å²) in [6.45, 7) is 9.30. The highest BCUT2D eigenvalue weighted by atomic mass is 16.5. The Bertz CT molecular complexity index is 151. The molecule has 1 aliphatic rings. The van der Waals surface area contributed by atoms with Gasteiger partial charge < -0.3 is 10.5 Å². The summed E-state index contributed by atoms with van der Waals surface area (Å²) in [7, 11) is 0. The topological polar surface area (TPSA) is 38.5 Å². The van der Waals surface area contributed by atoms with Gasteiger partial charge in [0.2, 0.25) is 0 Å². The van der Waals surface area contributed by atoms with E-state index >= 15 is 0 Å². The highest BCUT2D eigenvalue weighted by Crippen LogP contribution is 2.12. The second kappa shape index (κ2) is 5.69. The van der Waals surface area contributed by atoms with E-state index in [1.54, 1.807) is 0 Å². The minimum absolute atomic E-state index is 0.0287. The number of nitrogens with zero attached hydrogens (tertiary/aromatic N) is 1. The molecule has 2 N–H and O–H groups in total. The normalized spacial score (nSPS) is 24.2. The molecule has 0 radical (unpaired) electrons. The van der Waals surface area contributed by atoms with Crippen molar-refractivity contribution in [3.63, 3.8) is 0 Å². The summed E-state index contributed by atoms with van der Waals surface area (Å²) in [6.07, 6.45) is 3.41. The first-order valence-corrected chi connectivity index (χ1v) is 5.73. The number of hydrogen-bond acceptors (Lipinski definition) is 3. The van der Waals surface area contributed by atoms with Crippen LogP contribution in [0.4, 0.5) is 0 Å². The van der Waals surface area contributed by atoms with Gasteiger partial charge in [-0.1, -0.05) is 13.3 Å². The Morgan fingerprint density at radius 1 is 1.36 bits per heavy atom. The Kier molecular flexibility index (Phi) is 4.85. The molecule has 0 aliphatic carbocycles. The van der Waals surface area contributed by atoms with Crippen molar-refractivity contribution in [2.24, 2.45) is 5.73 Å². The highest BCUT2D eigenvalue weighted by molar-refractivity contribution is 4.82. The maximum absolute atomic E-state index is 6.23. The zero-order valence-corrected chi connectivity index (χ0v) is 9.59. The predicted octanol–water partition coefficient (Wildman–Crippen LogP) is 1.23. The van der Waals surface area contributed by atoms with Crippen molar-refractivity contribution in [2.75, 3.05) is 32.8 Å². The van der Waals surface area contributed by atoms with Crippen LogP contribution in [0.1, 0.15) is 33.1 Å². The summed E-state index contributed by atoms with van der Waals surface area (Å²) in [5.41, 5.74) is 6.20. The Hall–Kier alpha value is -0.120. The zero-order chi connectivity index (χ0) is 10.4. The van der Waals surface area contributed by atoms with Crippen molar-refractivity contribution in [3.8, 4) is 0 Å². The van der Waals surface area contributed by atoms with Crippen LogP contribution in [-0.2, 0) is 4.74 Å². The van der Waals surface area contributed by atoms with Crippen molar-refractivity contribution >= 4 is 0 Å². The summed E-state index contributed by atoms with van der Waals surface area (Å²) in [4.78, 5) is 2.43. The van der Waals surface area contributed by atoms with E-state index in [9.17, 15) is 0 Å². The molecule has 0 aromatic carbocycles. The van der Waals surface area contributed by atoms with E-state index in [0.717, 1.165) is 52.1 Å². The number of ether oxygens (including phenoxy) is 1. The molecule has 3 heteroatoms. The standard InChI is InChI=1S/C11H24N2O/c1-3-5-11(2,12)10-13-6-4-8-14-9-7-13/h3-10,12H2,1-2H3. The SMILES string of the molecule is CCCC(C)(N)CN1CCCOCC1. The molecular formula is C11H24N2O. The molecule has 1 unspecified atom stereocenters. The maximum atomic E-state index is 6.23. The average molecular weight is 200 g/mol. The molecule has 3 nitrogen and oxygen atoms in total. The average Bonchev–Trinajstić information content (AvgIpc) is 2.31. The molecular weight excluding hydrogens is 176 g/mol. The molecule has 1 heterocycles. The molecule has 1 atom stereocenters. The fourth-order valence-electron chi connectivity index (χ4n) is 2.12. The van der Waals surface area contributed by atoms with Crippen molar-refractivity contribution in [2.45, 2.75) is 38.6 Å². The monoisotopic (exact) mass is 200 g/mol. The minimum atomic E-state index is -0.0287. The molecule has 0 amide bonds. The lowest BCUT2D eigenvalue weighted by Gasteiger charge is -2.31. The number of nitrogens with two attached hydrogens (primary N) is 1. The Morgan fingerprint density at radius 3 is 2.86 bits per heavy atom. The predicted molar refractivity (Wildman–Crippen MR) is 59.4 cm³/mol. The number of hydrogen-bond donors (Lipinski definition) is 1. The minimum Gasteiger partial charge on any atom is -0.380 e. The molecule has 0 bridgehead atoms. The third kappa shape index (κ3) is 4.40. The van der Waals surface area contributed by atoms with Gasteiger partial charge in [-0.15, -0.1) is 0 Å². The Morgan fingerprint density at radius 2 is 2.14 bits per heavy atom. The van der Waals surface area contributed by atoms with Gasteiger partial charge in [-0.3, -0.25) is 4.90 Å². The van der Waals surface area contributed by atoms with Crippen LogP contribution in [0.2, 0.25) is 0 Å². The lowest BCUT2D eigenvalue weighted by Crippen LogP contribution is -2.48. The third-order valence-corrected chi connectivity index (χ3v) is 2.72. The maximum Gasteiger partial charge on any atom is 0.0593 e. The van der Waals surface area contributed by atoms with Gasteiger partial charge >= 0.3 is 0 Å².